The largest absolute Gasteiger partial charge is 0.491 e. The molecule has 0 aliphatic carbocycles. The fraction of sp³-hybridized carbons (Fsp3) is 0.600. The van der Waals surface area contributed by atoms with E-state index in [2.05, 4.69) is 18.7 Å². The average molecular weight is 282 g/mol. The maximum Gasteiger partial charge on any atom is 0.121 e. The summed E-state index contributed by atoms with van der Waals surface area (Å²) in [4.78, 5) is 2.13. The van der Waals surface area contributed by atoms with E-state index < -0.39 is 6.10 Å². The highest BCUT2D eigenvalue weighted by atomic mass is 16.5. The normalized spacial score (nSPS) is 12.9. The number of nitrogens with two attached hydrogens (primary N) is 1. The SMILES string of the molecule is CC(C)N(CCCO)CC(O)COc1cccc(N)c1. The molecule has 0 saturated carbocycles. The van der Waals surface area contributed by atoms with Gasteiger partial charge in [-0.05, 0) is 32.4 Å². The molecule has 114 valence electrons. The number of anilines is 1. The lowest BCUT2D eigenvalue weighted by Crippen LogP contribution is -2.40. The number of hydrogen-bond acceptors (Lipinski definition) is 5. The molecule has 0 bridgehead atoms. The molecule has 0 spiro atoms. The summed E-state index contributed by atoms with van der Waals surface area (Å²) in [6.07, 6.45) is 0.138. The first-order valence-corrected chi connectivity index (χ1v) is 7.04. The molecule has 0 heterocycles. The minimum atomic E-state index is -0.572. The molecule has 1 unspecified atom stereocenters. The Morgan fingerprint density at radius 1 is 1.35 bits per heavy atom. The van der Waals surface area contributed by atoms with Crippen LogP contribution in [-0.4, -0.2) is 53.6 Å². The van der Waals surface area contributed by atoms with E-state index in [1.807, 2.05) is 12.1 Å². The van der Waals surface area contributed by atoms with Crippen LogP contribution in [0.1, 0.15) is 20.3 Å². The maximum absolute atomic E-state index is 10.0. The second-order valence-corrected chi connectivity index (χ2v) is 5.20. The van der Waals surface area contributed by atoms with Crippen LogP contribution >= 0.6 is 0 Å². The van der Waals surface area contributed by atoms with Gasteiger partial charge in [0.15, 0.2) is 0 Å². The van der Waals surface area contributed by atoms with Crippen LogP contribution in [-0.2, 0) is 0 Å². The van der Waals surface area contributed by atoms with Gasteiger partial charge in [0.2, 0.25) is 0 Å². The van der Waals surface area contributed by atoms with Gasteiger partial charge in [-0.1, -0.05) is 6.07 Å². The quantitative estimate of drug-likeness (QED) is 0.591. The molecule has 0 radical (unpaired) electrons. The highest BCUT2D eigenvalue weighted by Crippen LogP contribution is 2.14. The van der Waals surface area contributed by atoms with Gasteiger partial charge in [0, 0.05) is 37.5 Å². The Hall–Kier alpha value is -1.30. The second-order valence-electron chi connectivity index (χ2n) is 5.20. The van der Waals surface area contributed by atoms with Crippen molar-refractivity contribution in [3.05, 3.63) is 24.3 Å². The second kappa shape index (κ2) is 8.79. The molecule has 5 heteroatoms. The Morgan fingerprint density at radius 3 is 2.70 bits per heavy atom. The van der Waals surface area contributed by atoms with Gasteiger partial charge in [-0.2, -0.15) is 0 Å². The van der Waals surface area contributed by atoms with Gasteiger partial charge in [-0.3, -0.25) is 4.90 Å². The fourth-order valence-electron chi connectivity index (χ4n) is 1.95. The van der Waals surface area contributed by atoms with Crippen LogP contribution in [0.3, 0.4) is 0 Å². The van der Waals surface area contributed by atoms with Crippen molar-refractivity contribution < 1.29 is 14.9 Å². The zero-order chi connectivity index (χ0) is 15.0. The van der Waals surface area contributed by atoms with Gasteiger partial charge >= 0.3 is 0 Å². The molecule has 0 amide bonds. The molecule has 0 fully saturated rings. The van der Waals surface area contributed by atoms with E-state index in [1.54, 1.807) is 12.1 Å². The number of aliphatic hydroxyl groups excluding tert-OH is 2. The van der Waals surface area contributed by atoms with Crippen molar-refractivity contribution in [2.45, 2.75) is 32.4 Å². The monoisotopic (exact) mass is 282 g/mol. The molecule has 1 rings (SSSR count). The molecule has 5 nitrogen and oxygen atoms in total. The maximum atomic E-state index is 10.0. The van der Waals surface area contributed by atoms with Crippen molar-refractivity contribution in [3.63, 3.8) is 0 Å². The Kier molecular flexibility index (Phi) is 7.36. The first-order valence-electron chi connectivity index (χ1n) is 7.04. The minimum absolute atomic E-state index is 0.166. The van der Waals surface area contributed by atoms with Crippen LogP contribution < -0.4 is 10.5 Å². The minimum Gasteiger partial charge on any atom is -0.491 e. The first kappa shape index (κ1) is 16.8. The molecule has 20 heavy (non-hydrogen) atoms. The van der Waals surface area contributed by atoms with Gasteiger partial charge in [0.1, 0.15) is 18.5 Å². The van der Waals surface area contributed by atoms with Gasteiger partial charge in [-0.15, -0.1) is 0 Å². The standard InChI is InChI=1S/C15H26N2O3/c1-12(2)17(7-4-8-18)10-14(19)11-20-15-6-3-5-13(16)9-15/h3,5-6,9,12,14,18-19H,4,7-8,10-11,16H2,1-2H3. The van der Waals surface area contributed by atoms with E-state index in [4.69, 9.17) is 15.6 Å². The van der Waals surface area contributed by atoms with Gasteiger partial charge < -0.3 is 20.7 Å². The molecule has 0 saturated heterocycles. The fourth-order valence-corrected chi connectivity index (χ4v) is 1.95. The van der Waals surface area contributed by atoms with Crippen LogP contribution in [0, 0.1) is 0 Å². The molecule has 1 atom stereocenters. The highest BCUT2D eigenvalue weighted by molar-refractivity contribution is 5.43. The van der Waals surface area contributed by atoms with Gasteiger partial charge in [-0.25, -0.2) is 0 Å². The van der Waals surface area contributed by atoms with Crippen molar-refractivity contribution in [3.8, 4) is 5.75 Å². The smallest absolute Gasteiger partial charge is 0.121 e. The number of nitrogens with zero attached hydrogens (tertiary/aromatic N) is 1. The predicted molar refractivity (Wildman–Crippen MR) is 80.8 cm³/mol. The van der Waals surface area contributed by atoms with Crippen molar-refractivity contribution in [1.29, 1.82) is 0 Å². The van der Waals surface area contributed by atoms with Crippen LogP contribution in [0.4, 0.5) is 5.69 Å². The third-order valence-electron chi connectivity index (χ3n) is 3.08. The predicted octanol–water partition coefficient (Wildman–Crippen LogP) is 1.10. The number of benzene rings is 1. The molecular formula is C15H26N2O3. The van der Waals surface area contributed by atoms with E-state index in [9.17, 15) is 5.11 Å². The van der Waals surface area contributed by atoms with Crippen LogP contribution in [0.15, 0.2) is 24.3 Å². The number of hydrogen-bond donors (Lipinski definition) is 3. The first-order chi connectivity index (χ1) is 9.52. The van der Waals surface area contributed by atoms with Crippen molar-refractivity contribution in [2.75, 3.05) is 32.0 Å². The lowest BCUT2D eigenvalue weighted by Gasteiger charge is -2.28. The number of ether oxygens (including phenoxy) is 1. The summed E-state index contributed by atoms with van der Waals surface area (Å²) < 4.78 is 5.53. The number of aliphatic hydroxyl groups is 2. The van der Waals surface area contributed by atoms with Gasteiger partial charge in [0.25, 0.3) is 0 Å². The summed E-state index contributed by atoms with van der Waals surface area (Å²) >= 11 is 0. The number of rotatable bonds is 9. The third-order valence-corrected chi connectivity index (χ3v) is 3.08. The molecule has 0 aliphatic heterocycles. The third kappa shape index (κ3) is 6.23. The van der Waals surface area contributed by atoms with Crippen molar-refractivity contribution in [1.82, 2.24) is 4.90 Å². The summed E-state index contributed by atoms with van der Waals surface area (Å²) in [7, 11) is 0. The van der Waals surface area contributed by atoms with Crippen molar-refractivity contribution in [2.24, 2.45) is 0 Å². The average Bonchev–Trinajstić information content (AvgIpc) is 2.41. The Bertz CT molecular complexity index is 385. The van der Waals surface area contributed by atoms with E-state index in [-0.39, 0.29) is 13.2 Å². The lowest BCUT2D eigenvalue weighted by atomic mass is 10.2. The van der Waals surface area contributed by atoms with E-state index in [0.29, 0.717) is 30.4 Å². The van der Waals surface area contributed by atoms with Gasteiger partial charge in [0.05, 0.1) is 0 Å². The number of nitrogen functional groups attached to an aromatic ring is 1. The van der Waals surface area contributed by atoms with Crippen LogP contribution in [0.25, 0.3) is 0 Å². The van der Waals surface area contributed by atoms with E-state index in [1.165, 1.54) is 0 Å². The summed E-state index contributed by atoms with van der Waals surface area (Å²) in [5.41, 5.74) is 6.31. The summed E-state index contributed by atoms with van der Waals surface area (Å²) in [5.74, 6) is 0.663. The molecule has 1 aromatic carbocycles. The van der Waals surface area contributed by atoms with E-state index in [0.717, 1.165) is 6.54 Å². The zero-order valence-corrected chi connectivity index (χ0v) is 12.3. The highest BCUT2D eigenvalue weighted by Gasteiger charge is 2.15. The lowest BCUT2D eigenvalue weighted by molar-refractivity contribution is 0.0549. The molecule has 4 N–H and O–H groups in total. The molecular weight excluding hydrogens is 256 g/mol. The van der Waals surface area contributed by atoms with E-state index >= 15 is 0 Å². The van der Waals surface area contributed by atoms with Crippen molar-refractivity contribution >= 4 is 5.69 Å². The summed E-state index contributed by atoms with van der Waals surface area (Å²) in [6.45, 7) is 5.83. The Balaban J connectivity index is 2.39. The molecule has 0 aliphatic rings. The Morgan fingerprint density at radius 2 is 2.10 bits per heavy atom. The molecule has 0 aromatic heterocycles. The topological polar surface area (TPSA) is 79.0 Å². The summed E-state index contributed by atoms with van der Waals surface area (Å²) in [6, 6.07) is 7.48. The Labute approximate surface area is 121 Å². The zero-order valence-electron chi connectivity index (χ0n) is 12.3. The summed E-state index contributed by atoms with van der Waals surface area (Å²) in [5, 5.41) is 18.9. The van der Waals surface area contributed by atoms with Crippen LogP contribution in [0.5, 0.6) is 5.75 Å². The molecule has 1 aromatic rings. The van der Waals surface area contributed by atoms with Crippen LogP contribution in [0.2, 0.25) is 0 Å².